The van der Waals surface area contributed by atoms with Gasteiger partial charge < -0.3 is 9.15 Å². The molecular formula is C19H10Br3Cl3N2O3. The van der Waals surface area contributed by atoms with Gasteiger partial charge >= 0.3 is 0 Å². The summed E-state index contributed by atoms with van der Waals surface area (Å²) in [6.45, 7) is -0.224. The van der Waals surface area contributed by atoms with Crippen LogP contribution in [0.25, 0.3) is 11.3 Å². The predicted octanol–water partition coefficient (Wildman–Crippen LogP) is 7.72. The molecule has 0 atom stereocenters. The van der Waals surface area contributed by atoms with Crippen LogP contribution < -0.4 is 10.2 Å². The number of hydrogen-bond acceptors (Lipinski definition) is 4. The Morgan fingerprint density at radius 1 is 1.03 bits per heavy atom. The van der Waals surface area contributed by atoms with Gasteiger partial charge in [0.25, 0.3) is 5.91 Å². The van der Waals surface area contributed by atoms with Gasteiger partial charge in [0.2, 0.25) is 0 Å². The van der Waals surface area contributed by atoms with Gasteiger partial charge in [0.1, 0.15) is 17.3 Å². The largest absolute Gasteiger partial charge is 0.481 e. The van der Waals surface area contributed by atoms with Gasteiger partial charge in [-0.15, -0.1) is 0 Å². The molecule has 0 spiro atoms. The number of halogens is 6. The molecule has 0 aliphatic heterocycles. The maximum atomic E-state index is 12.0. The molecule has 30 heavy (non-hydrogen) atoms. The second-order valence-electron chi connectivity index (χ2n) is 5.73. The maximum absolute atomic E-state index is 12.0. The van der Waals surface area contributed by atoms with Crippen molar-refractivity contribution in [2.75, 3.05) is 6.61 Å². The van der Waals surface area contributed by atoms with E-state index in [1.807, 2.05) is 12.1 Å². The Morgan fingerprint density at radius 2 is 1.70 bits per heavy atom. The Kier molecular flexibility index (Phi) is 8.29. The molecule has 0 saturated carbocycles. The maximum Gasteiger partial charge on any atom is 0.277 e. The molecule has 0 aliphatic carbocycles. The highest BCUT2D eigenvalue weighted by Crippen LogP contribution is 2.37. The summed E-state index contributed by atoms with van der Waals surface area (Å²) < 4.78 is 13.4. The smallest absolute Gasteiger partial charge is 0.277 e. The van der Waals surface area contributed by atoms with E-state index in [0.717, 1.165) is 4.47 Å². The van der Waals surface area contributed by atoms with Crippen LogP contribution >= 0.6 is 82.6 Å². The molecule has 3 rings (SSSR count). The van der Waals surface area contributed by atoms with Crippen molar-refractivity contribution in [1.82, 2.24) is 5.43 Å². The first kappa shape index (κ1) is 23.6. The molecule has 1 N–H and O–H groups in total. The highest BCUT2D eigenvalue weighted by molar-refractivity contribution is 9.11. The summed E-state index contributed by atoms with van der Waals surface area (Å²) in [7, 11) is 0. The molecule has 2 aromatic carbocycles. The second kappa shape index (κ2) is 10.5. The van der Waals surface area contributed by atoms with E-state index in [2.05, 4.69) is 58.3 Å². The van der Waals surface area contributed by atoms with Crippen LogP contribution in [0.1, 0.15) is 5.76 Å². The molecule has 0 radical (unpaired) electrons. The first-order valence-corrected chi connectivity index (χ1v) is 11.6. The third-order valence-corrected chi connectivity index (χ3v) is 6.26. The van der Waals surface area contributed by atoms with Crippen molar-refractivity contribution >= 4 is 94.7 Å². The average molecular weight is 660 g/mol. The van der Waals surface area contributed by atoms with Crippen LogP contribution in [0.3, 0.4) is 0 Å². The van der Waals surface area contributed by atoms with Gasteiger partial charge in [0.05, 0.1) is 30.2 Å². The van der Waals surface area contributed by atoms with Crippen molar-refractivity contribution in [3.8, 4) is 17.1 Å². The molecule has 1 heterocycles. The number of rotatable bonds is 6. The van der Waals surface area contributed by atoms with E-state index in [0.29, 0.717) is 46.8 Å². The van der Waals surface area contributed by atoms with Gasteiger partial charge in [-0.2, -0.15) is 5.10 Å². The summed E-state index contributed by atoms with van der Waals surface area (Å²) in [5, 5.41) is 4.98. The van der Waals surface area contributed by atoms with Crippen molar-refractivity contribution in [1.29, 1.82) is 0 Å². The molecule has 3 aromatic rings. The van der Waals surface area contributed by atoms with E-state index in [4.69, 9.17) is 44.0 Å². The summed E-state index contributed by atoms with van der Waals surface area (Å²) in [5.41, 5.74) is 2.96. The standard InChI is InChI=1S/C19H10Br3Cl3N2O3/c20-9-3-12(21)19(13(22)4-9)29-8-18(28)27-26-7-10-1-2-17(30-10)11-5-15(24)16(25)6-14(11)23/h1-7H,8H2,(H,27,28). The summed E-state index contributed by atoms with van der Waals surface area (Å²) in [6.07, 6.45) is 1.36. The summed E-state index contributed by atoms with van der Waals surface area (Å²) >= 11 is 28.3. The van der Waals surface area contributed by atoms with E-state index >= 15 is 0 Å². The zero-order valence-electron chi connectivity index (χ0n) is 14.7. The molecule has 156 valence electrons. The molecule has 11 heteroatoms. The summed E-state index contributed by atoms with van der Waals surface area (Å²) in [6, 6.07) is 10.2. The number of carbonyl (C=O) groups is 1. The van der Waals surface area contributed by atoms with E-state index in [1.165, 1.54) is 6.21 Å². The molecule has 0 fully saturated rings. The van der Waals surface area contributed by atoms with Gasteiger partial charge in [0, 0.05) is 10.0 Å². The van der Waals surface area contributed by atoms with Gasteiger partial charge in [-0.3, -0.25) is 4.79 Å². The highest BCUT2D eigenvalue weighted by atomic mass is 79.9. The Morgan fingerprint density at radius 3 is 2.40 bits per heavy atom. The van der Waals surface area contributed by atoms with Crippen LogP contribution in [-0.2, 0) is 4.79 Å². The van der Waals surface area contributed by atoms with Gasteiger partial charge in [-0.1, -0.05) is 50.7 Å². The SMILES string of the molecule is O=C(COc1c(Br)cc(Br)cc1Br)NN=Cc1ccc(-c2cc(Cl)c(Cl)cc2Cl)o1. The Bertz CT molecular complexity index is 1110. The molecule has 0 aliphatic rings. The number of benzene rings is 2. The predicted molar refractivity (Wildman–Crippen MR) is 130 cm³/mol. The van der Waals surface area contributed by atoms with E-state index in [9.17, 15) is 4.79 Å². The number of hydrogen-bond donors (Lipinski definition) is 1. The number of nitrogens with one attached hydrogen (secondary N) is 1. The minimum atomic E-state index is -0.438. The third-order valence-electron chi connectivity index (χ3n) is 3.59. The number of carbonyl (C=O) groups excluding carboxylic acids is 1. The quantitative estimate of drug-likeness (QED) is 0.167. The average Bonchev–Trinajstić information content (AvgIpc) is 3.12. The monoisotopic (exact) mass is 656 g/mol. The minimum absolute atomic E-state index is 0.224. The van der Waals surface area contributed by atoms with Gasteiger partial charge in [-0.05, 0) is 68.3 Å². The number of furan rings is 1. The minimum Gasteiger partial charge on any atom is -0.481 e. The van der Waals surface area contributed by atoms with Crippen LogP contribution in [0.15, 0.2) is 59.3 Å². The lowest BCUT2D eigenvalue weighted by Gasteiger charge is -2.09. The summed E-state index contributed by atoms with van der Waals surface area (Å²) in [5.74, 6) is 0.963. The normalized spacial score (nSPS) is 11.1. The number of ether oxygens (including phenoxy) is 1. The first-order valence-electron chi connectivity index (χ1n) is 8.08. The van der Waals surface area contributed by atoms with Crippen LogP contribution in [-0.4, -0.2) is 18.7 Å². The zero-order valence-corrected chi connectivity index (χ0v) is 21.7. The highest BCUT2D eigenvalue weighted by Gasteiger charge is 2.12. The lowest BCUT2D eigenvalue weighted by Crippen LogP contribution is -2.24. The Balaban J connectivity index is 1.59. The van der Waals surface area contributed by atoms with E-state index in [1.54, 1.807) is 24.3 Å². The molecule has 0 saturated heterocycles. The van der Waals surface area contributed by atoms with Crippen molar-refractivity contribution in [2.45, 2.75) is 0 Å². The molecule has 5 nitrogen and oxygen atoms in total. The second-order valence-corrected chi connectivity index (χ2v) is 9.57. The molecule has 0 bridgehead atoms. The molecular weight excluding hydrogens is 650 g/mol. The van der Waals surface area contributed by atoms with Crippen LogP contribution in [0.5, 0.6) is 5.75 Å². The van der Waals surface area contributed by atoms with Crippen molar-refractivity contribution in [3.63, 3.8) is 0 Å². The fraction of sp³-hybridized carbons (Fsp3) is 0.0526. The Labute approximate surface area is 212 Å². The van der Waals surface area contributed by atoms with Crippen molar-refractivity contribution in [3.05, 3.63) is 70.6 Å². The van der Waals surface area contributed by atoms with Gasteiger partial charge in [0.15, 0.2) is 6.61 Å². The fourth-order valence-electron chi connectivity index (χ4n) is 2.28. The first-order chi connectivity index (χ1) is 14.2. The Hall–Kier alpha value is -1.03. The third kappa shape index (κ3) is 6.02. The van der Waals surface area contributed by atoms with Gasteiger partial charge in [-0.25, -0.2) is 5.43 Å². The number of hydrazone groups is 1. The molecule has 1 aromatic heterocycles. The van der Waals surface area contributed by atoms with Crippen molar-refractivity contribution < 1.29 is 13.9 Å². The lowest BCUT2D eigenvalue weighted by molar-refractivity contribution is -0.123. The summed E-state index contributed by atoms with van der Waals surface area (Å²) in [4.78, 5) is 12.0. The topological polar surface area (TPSA) is 63.8 Å². The van der Waals surface area contributed by atoms with Crippen LogP contribution in [0.4, 0.5) is 0 Å². The molecule has 0 unspecified atom stereocenters. The van der Waals surface area contributed by atoms with E-state index < -0.39 is 5.91 Å². The van der Waals surface area contributed by atoms with Crippen LogP contribution in [0, 0.1) is 0 Å². The number of amides is 1. The van der Waals surface area contributed by atoms with E-state index in [-0.39, 0.29) is 6.61 Å². The number of nitrogens with zero attached hydrogens (tertiary/aromatic N) is 1. The lowest BCUT2D eigenvalue weighted by atomic mass is 10.2. The van der Waals surface area contributed by atoms with Crippen LogP contribution in [0.2, 0.25) is 15.1 Å². The van der Waals surface area contributed by atoms with Crippen molar-refractivity contribution in [2.24, 2.45) is 5.10 Å². The fourth-order valence-corrected chi connectivity index (χ4v) is 5.41. The zero-order chi connectivity index (χ0) is 21.8. The molecule has 1 amide bonds.